The van der Waals surface area contributed by atoms with Crippen molar-refractivity contribution < 1.29 is 4.79 Å². The third kappa shape index (κ3) is 4.52. The van der Waals surface area contributed by atoms with E-state index in [0.29, 0.717) is 11.8 Å². The molecule has 0 atom stereocenters. The van der Waals surface area contributed by atoms with Crippen molar-refractivity contribution in [3.8, 4) is 0 Å². The van der Waals surface area contributed by atoms with Gasteiger partial charge < -0.3 is 4.90 Å². The molecule has 1 aromatic carbocycles. The molecule has 1 aliphatic carbocycles. The summed E-state index contributed by atoms with van der Waals surface area (Å²) >= 11 is 0. The summed E-state index contributed by atoms with van der Waals surface area (Å²) in [5, 5.41) is 0. The van der Waals surface area contributed by atoms with Crippen LogP contribution in [0.1, 0.15) is 45.1 Å². The van der Waals surface area contributed by atoms with Gasteiger partial charge in [-0.25, -0.2) is 0 Å². The first-order valence-corrected chi connectivity index (χ1v) is 7.71. The zero-order chi connectivity index (χ0) is 14.4. The summed E-state index contributed by atoms with van der Waals surface area (Å²) in [5.41, 5.74) is 2.46. The second-order valence-electron chi connectivity index (χ2n) is 5.79. The number of benzene rings is 1. The van der Waals surface area contributed by atoms with E-state index in [1.807, 2.05) is 18.2 Å². The van der Waals surface area contributed by atoms with E-state index in [9.17, 15) is 4.79 Å². The van der Waals surface area contributed by atoms with E-state index in [0.717, 1.165) is 38.8 Å². The van der Waals surface area contributed by atoms with Crippen LogP contribution in [0, 0.1) is 5.92 Å². The lowest BCUT2D eigenvalue weighted by molar-refractivity contribution is -0.132. The fourth-order valence-electron chi connectivity index (χ4n) is 2.39. The largest absolute Gasteiger partial charge is 0.338 e. The molecule has 0 saturated heterocycles. The molecule has 20 heavy (non-hydrogen) atoms. The van der Waals surface area contributed by atoms with Crippen LogP contribution in [0.2, 0.25) is 0 Å². The Morgan fingerprint density at radius 1 is 1.30 bits per heavy atom. The summed E-state index contributed by atoms with van der Waals surface area (Å²) in [6, 6.07) is 10.3. The first-order valence-electron chi connectivity index (χ1n) is 7.71. The molecule has 2 rings (SSSR count). The van der Waals surface area contributed by atoms with Gasteiger partial charge in [-0.3, -0.25) is 4.79 Å². The molecule has 0 radical (unpaired) electrons. The minimum absolute atomic E-state index is 0.316. The molecule has 108 valence electrons. The maximum atomic E-state index is 12.3. The van der Waals surface area contributed by atoms with Gasteiger partial charge in [0.1, 0.15) is 0 Å². The van der Waals surface area contributed by atoms with Gasteiger partial charge in [0.05, 0.1) is 0 Å². The molecular formula is C18H25NO. The molecule has 1 aliphatic rings. The standard InChI is InChI=1S/C18H25NO/c1-3-4-12-19(18(20)17-10-11-17)14-15(2)13-16-8-6-5-7-9-16/h5-9,13,17H,3-4,10-12,14H2,1-2H3. The first kappa shape index (κ1) is 14.8. The van der Waals surface area contributed by atoms with Crippen LogP contribution in [0.4, 0.5) is 0 Å². The van der Waals surface area contributed by atoms with Gasteiger partial charge in [-0.1, -0.05) is 55.3 Å². The zero-order valence-electron chi connectivity index (χ0n) is 12.6. The molecule has 0 heterocycles. The Balaban J connectivity index is 1.98. The van der Waals surface area contributed by atoms with E-state index in [2.05, 4.69) is 37.0 Å². The van der Waals surface area contributed by atoms with Gasteiger partial charge in [0, 0.05) is 19.0 Å². The number of unbranched alkanes of at least 4 members (excludes halogenated alkanes) is 1. The van der Waals surface area contributed by atoms with Crippen molar-refractivity contribution in [1.29, 1.82) is 0 Å². The predicted octanol–water partition coefficient (Wildman–Crippen LogP) is 4.13. The van der Waals surface area contributed by atoms with Crippen LogP contribution in [0.5, 0.6) is 0 Å². The predicted molar refractivity (Wildman–Crippen MR) is 84.3 cm³/mol. The Morgan fingerprint density at radius 3 is 2.60 bits per heavy atom. The molecule has 1 amide bonds. The van der Waals surface area contributed by atoms with Gasteiger partial charge >= 0.3 is 0 Å². The van der Waals surface area contributed by atoms with Crippen LogP contribution in [0.3, 0.4) is 0 Å². The third-order valence-electron chi connectivity index (χ3n) is 3.67. The topological polar surface area (TPSA) is 20.3 Å². The molecule has 0 unspecified atom stereocenters. The molecule has 0 bridgehead atoms. The average molecular weight is 271 g/mol. The smallest absolute Gasteiger partial charge is 0.225 e. The fraction of sp³-hybridized carbons (Fsp3) is 0.500. The highest BCUT2D eigenvalue weighted by molar-refractivity contribution is 5.81. The molecule has 0 aliphatic heterocycles. The normalized spacial score (nSPS) is 15.2. The van der Waals surface area contributed by atoms with Gasteiger partial charge in [-0.05, 0) is 31.7 Å². The average Bonchev–Trinajstić information content (AvgIpc) is 3.28. The van der Waals surface area contributed by atoms with Crippen LogP contribution in [-0.2, 0) is 4.79 Å². The van der Waals surface area contributed by atoms with Crippen LogP contribution >= 0.6 is 0 Å². The minimum Gasteiger partial charge on any atom is -0.338 e. The molecule has 0 aromatic heterocycles. The highest BCUT2D eigenvalue weighted by atomic mass is 16.2. The quantitative estimate of drug-likeness (QED) is 0.730. The van der Waals surface area contributed by atoms with Gasteiger partial charge in [0.2, 0.25) is 5.91 Å². The van der Waals surface area contributed by atoms with Crippen LogP contribution < -0.4 is 0 Å². The van der Waals surface area contributed by atoms with Gasteiger partial charge in [-0.2, -0.15) is 0 Å². The maximum absolute atomic E-state index is 12.3. The molecule has 1 aromatic rings. The minimum atomic E-state index is 0.316. The molecule has 0 N–H and O–H groups in total. The number of nitrogens with zero attached hydrogens (tertiary/aromatic N) is 1. The van der Waals surface area contributed by atoms with Crippen molar-refractivity contribution in [3.05, 3.63) is 41.5 Å². The molecule has 1 fully saturated rings. The summed E-state index contributed by atoms with van der Waals surface area (Å²) < 4.78 is 0. The Kier molecular flexibility index (Phi) is 5.40. The van der Waals surface area contributed by atoms with E-state index in [1.54, 1.807) is 0 Å². The monoisotopic (exact) mass is 271 g/mol. The summed E-state index contributed by atoms with van der Waals surface area (Å²) in [6.45, 7) is 5.95. The van der Waals surface area contributed by atoms with Crippen molar-refractivity contribution in [3.63, 3.8) is 0 Å². The van der Waals surface area contributed by atoms with Crippen LogP contribution in [0.15, 0.2) is 35.9 Å². The fourth-order valence-corrected chi connectivity index (χ4v) is 2.39. The van der Waals surface area contributed by atoms with E-state index >= 15 is 0 Å². The second kappa shape index (κ2) is 7.28. The Bertz CT molecular complexity index is 460. The lowest BCUT2D eigenvalue weighted by Crippen LogP contribution is -2.34. The molecule has 2 nitrogen and oxygen atoms in total. The lowest BCUT2D eigenvalue weighted by atomic mass is 10.1. The summed E-state index contributed by atoms with van der Waals surface area (Å²) in [7, 11) is 0. The molecule has 0 spiro atoms. The number of hydrogen-bond acceptors (Lipinski definition) is 1. The van der Waals surface area contributed by atoms with Crippen molar-refractivity contribution in [2.75, 3.05) is 13.1 Å². The van der Waals surface area contributed by atoms with Crippen molar-refractivity contribution in [1.82, 2.24) is 4.90 Å². The van der Waals surface area contributed by atoms with Crippen LogP contribution in [-0.4, -0.2) is 23.9 Å². The Labute approximate surface area is 122 Å². The third-order valence-corrected chi connectivity index (χ3v) is 3.67. The Hall–Kier alpha value is -1.57. The zero-order valence-corrected chi connectivity index (χ0v) is 12.6. The number of amides is 1. The Morgan fingerprint density at radius 2 is 2.00 bits per heavy atom. The van der Waals surface area contributed by atoms with E-state index < -0.39 is 0 Å². The highest BCUT2D eigenvalue weighted by Crippen LogP contribution is 2.31. The van der Waals surface area contributed by atoms with E-state index in [-0.39, 0.29) is 0 Å². The van der Waals surface area contributed by atoms with Crippen LogP contribution in [0.25, 0.3) is 6.08 Å². The first-order chi connectivity index (χ1) is 9.70. The van der Waals surface area contributed by atoms with Crippen molar-refractivity contribution in [2.24, 2.45) is 5.92 Å². The molecule has 2 heteroatoms. The lowest BCUT2D eigenvalue weighted by Gasteiger charge is -2.23. The van der Waals surface area contributed by atoms with E-state index in [1.165, 1.54) is 11.1 Å². The van der Waals surface area contributed by atoms with Gasteiger partial charge in [0.15, 0.2) is 0 Å². The van der Waals surface area contributed by atoms with Crippen molar-refractivity contribution in [2.45, 2.75) is 39.5 Å². The molecular weight excluding hydrogens is 246 g/mol. The summed E-state index contributed by atoms with van der Waals surface area (Å²) in [4.78, 5) is 14.3. The number of carbonyl (C=O) groups excluding carboxylic acids is 1. The molecule has 1 saturated carbocycles. The maximum Gasteiger partial charge on any atom is 0.225 e. The van der Waals surface area contributed by atoms with Gasteiger partial charge in [-0.15, -0.1) is 0 Å². The second-order valence-corrected chi connectivity index (χ2v) is 5.79. The number of carbonyl (C=O) groups is 1. The summed E-state index contributed by atoms with van der Waals surface area (Å²) in [5.74, 6) is 0.677. The highest BCUT2D eigenvalue weighted by Gasteiger charge is 2.33. The van der Waals surface area contributed by atoms with Crippen molar-refractivity contribution >= 4 is 12.0 Å². The summed E-state index contributed by atoms with van der Waals surface area (Å²) in [6.07, 6.45) is 6.58. The van der Waals surface area contributed by atoms with Gasteiger partial charge in [0.25, 0.3) is 0 Å². The number of rotatable bonds is 7. The SMILES string of the molecule is CCCCN(CC(C)=Cc1ccccc1)C(=O)C1CC1. The number of hydrogen-bond donors (Lipinski definition) is 0. The van der Waals surface area contributed by atoms with E-state index in [4.69, 9.17) is 0 Å².